The first kappa shape index (κ1) is 19.3. The van der Waals surface area contributed by atoms with E-state index in [2.05, 4.69) is 25.1 Å². The van der Waals surface area contributed by atoms with Gasteiger partial charge in [0.15, 0.2) is 9.84 Å². The smallest absolute Gasteiger partial charge is 0.224 e. The van der Waals surface area contributed by atoms with Crippen LogP contribution >= 0.6 is 0 Å². The lowest BCUT2D eigenvalue weighted by Gasteiger charge is -2.28. The van der Waals surface area contributed by atoms with Crippen LogP contribution in [0.25, 0.3) is 0 Å². The predicted octanol–water partition coefficient (Wildman–Crippen LogP) is 0.543. The Morgan fingerprint density at radius 2 is 2.12 bits per heavy atom. The number of nitrogens with one attached hydrogen (secondary N) is 1. The van der Waals surface area contributed by atoms with Crippen LogP contribution in [-0.4, -0.2) is 86.8 Å². The molecule has 9 heteroatoms. The molecule has 2 aliphatic heterocycles. The average molecular weight is 384 g/mol. The van der Waals surface area contributed by atoms with Crippen molar-refractivity contribution >= 4 is 21.6 Å². The number of nitrogens with zero attached hydrogens (tertiary/aromatic N) is 4. The van der Waals surface area contributed by atoms with Gasteiger partial charge >= 0.3 is 0 Å². The van der Waals surface area contributed by atoms with E-state index in [0.29, 0.717) is 12.4 Å². The first-order chi connectivity index (χ1) is 12.5. The van der Waals surface area contributed by atoms with Crippen molar-refractivity contribution in [3.05, 3.63) is 11.8 Å². The summed E-state index contributed by atoms with van der Waals surface area (Å²) in [6.45, 7) is 9.90. The lowest BCUT2D eigenvalue weighted by Crippen LogP contribution is -2.39. The molecule has 1 atom stereocenters. The largest absolute Gasteiger partial charge is 0.379 e. The van der Waals surface area contributed by atoms with Crippen LogP contribution < -0.4 is 10.2 Å². The van der Waals surface area contributed by atoms with Crippen LogP contribution in [0.4, 0.5) is 11.8 Å². The second-order valence-electron chi connectivity index (χ2n) is 6.91. The number of ether oxygens (including phenoxy) is 1. The SMILES string of the molecule is CCN(c1cc(C)nc(NCCN2CCOCC2)n1)C1CCS(=O)(=O)C1. The lowest BCUT2D eigenvalue weighted by atomic mass is 10.2. The second-order valence-corrected chi connectivity index (χ2v) is 9.14. The third kappa shape index (κ3) is 5.05. The highest BCUT2D eigenvalue weighted by Gasteiger charge is 2.32. The number of aromatic nitrogens is 2. The molecule has 2 aliphatic rings. The van der Waals surface area contributed by atoms with E-state index in [9.17, 15) is 8.42 Å². The quantitative estimate of drug-likeness (QED) is 0.730. The lowest BCUT2D eigenvalue weighted by molar-refractivity contribution is 0.0398. The summed E-state index contributed by atoms with van der Waals surface area (Å²) < 4.78 is 29.0. The zero-order chi connectivity index (χ0) is 18.6. The molecule has 1 aromatic heterocycles. The highest BCUT2D eigenvalue weighted by molar-refractivity contribution is 7.91. The minimum atomic E-state index is -2.92. The van der Waals surface area contributed by atoms with Gasteiger partial charge in [0.1, 0.15) is 5.82 Å². The Bertz CT molecular complexity index is 706. The summed E-state index contributed by atoms with van der Waals surface area (Å²) in [5, 5.41) is 3.31. The molecular formula is C17H29N5O3S. The number of anilines is 2. The van der Waals surface area contributed by atoms with Crippen LogP contribution in [0.15, 0.2) is 6.07 Å². The minimum Gasteiger partial charge on any atom is -0.379 e. The normalized spacial score (nSPS) is 23.1. The van der Waals surface area contributed by atoms with Crippen LogP contribution in [0.5, 0.6) is 0 Å². The third-order valence-corrected chi connectivity index (χ3v) is 6.69. The Hall–Kier alpha value is -1.45. The number of morpholine rings is 1. The van der Waals surface area contributed by atoms with E-state index in [1.165, 1.54) is 0 Å². The fraction of sp³-hybridized carbons (Fsp3) is 0.765. The summed E-state index contributed by atoms with van der Waals surface area (Å²) in [7, 11) is -2.92. The molecule has 2 fully saturated rings. The van der Waals surface area contributed by atoms with Crippen molar-refractivity contribution in [1.82, 2.24) is 14.9 Å². The molecule has 26 heavy (non-hydrogen) atoms. The van der Waals surface area contributed by atoms with Crippen molar-refractivity contribution in [1.29, 1.82) is 0 Å². The maximum Gasteiger partial charge on any atom is 0.224 e. The van der Waals surface area contributed by atoms with Gasteiger partial charge in [0.05, 0.1) is 24.7 Å². The Kier molecular flexibility index (Phi) is 6.31. The van der Waals surface area contributed by atoms with Crippen LogP contribution in [-0.2, 0) is 14.6 Å². The zero-order valence-electron chi connectivity index (χ0n) is 15.6. The second kappa shape index (κ2) is 8.49. The zero-order valence-corrected chi connectivity index (χ0v) is 16.5. The van der Waals surface area contributed by atoms with Gasteiger partial charge in [0.25, 0.3) is 0 Å². The summed E-state index contributed by atoms with van der Waals surface area (Å²) in [5.74, 6) is 1.88. The Morgan fingerprint density at radius 1 is 1.35 bits per heavy atom. The molecule has 1 unspecified atom stereocenters. The molecule has 3 heterocycles. The monoisotopic (exact) mass is 383 g/mol. The predicted molar refractivity (Wildman–Crippen MR) is 103 cm³/mol. The van der Waals surface area contributed by atoms with E-state index in [1.54, 1.807) is 0 Å². The van der Waals surface area contributed by atoms with Gasteiger partial charge in [-0.15, -0.1) is 0 Å². The first-order valence-electron chi connectivity index (χ1n) is 9.33. The number of aryl methyl sites for hydroxylation is 1. The topological polar surface area (TPSA) is 87.7 Å². The molecular weight excluding hydrogens is 354 g/mol. The van der Waals surface area contributed by atoms with Crippen molar-refractivity contribution in [3.63, 3.8) is 0 Å². The third-order valence-electron chi connectivity index (χ3n) is 4.94. The van der Waals surface area contributed by atoms with E-state index in [0.717, 1.165) is 57.4 Å². The van der Waals surface area contributed by atoms with Crippen molar-refractivity contribution in [2.24, 2.45) is 0 Å². The van der Waals surface area contributed by atoms with Gasteiger partial charge in [-0.3, -0.25) is 4.90 Å². The van der Waals surface area contributed by atoms with Gasteiger partial charge in [-0.2, -0.15) is 4.98 Å². The van der Waals surface area contributed by atoms with Crippen molar-refractivity contribution in [2.45, 2.75) is 26.3 Å². The molecule has 2 saturated heterocycles. The molecule has 3 rings (SSSR count). The molecule has 0 aliphatic carbocycles. The van der Waals surface area contributed by atoms with E-state index in [1.807, 2.05) is 19.9 Å². The molecule has 0 spiro atoms. The molecule has 0 aromatic carbocycles. The summed E-state index contributed by atoms with van der Waals surface area (Å²) in [6, 6.07) is 1.93. The van der Waals surface area contributed by atoms with Crippen molar-refractivity contribution in [3.8, 4) is 0 Å². The average Bonchev–Trinajstić information content (AvgIpc) is 2.96. The number of hydrogen-bond acceptors (Lipinski definition) is 8. The van der Waals surface area contributed by atoms with Crippen LogP contribution in [0.2, 0.25) is 0 Å². The number of rotatable bonds is 7. The van der Waals surface area contributed by atoms with E-state index >= 15 is 0 Å². The van der Waals surface area contributed by atoms with Gasteiger partial charge in [-0.25, -0.2) is 13.4 Å². The summed E-state index contributed by atoms with van der Waals surface area (Å²) in [5.41, 5.74) is 0.878. The van der Waals surface area contributed by atoms with Crippen LogP contribution in [0.1, 0.15) is 19.0 Å². The number of sulfone groups is 1. The fourth-order valence-electron chi connectivity index (χ4n) is 3.56. The van der Waals surface area contributed by atoms with Gasteiger partial charge in [0.2, 0.25) is 5.95 Å². The first-order valence-corrected chi connectivity index (χ1v) is 11.2. The van der Waals surface area contributed by atoms with Crippen molar-refractivity contribution in [2.75, 3.05) is 67.7 Å². The molecule has 146 valence electrons. The van der Waals surface area contributed by atoms with Crippen molar-refractivity contribution < 1.29 is 13.2 Å². The Balaban J connectivity index is 1.64. The summed E-state index contributed by atoms with van der Waals surface area (Å²) in [6.07, 6.45) is 0.666. The Labute approximate surface area is 155 Å². The van der Waals surface area contributed by atoms with Gasteiger partial charge in [0, 0.05) is 50.5 Å². The van der Waals surface area contributed by atoms with Crippen LogP contribution in [0, 0.1) is 6.92 Å². The van der Waals surface area contributed by atoms with E-state index in [-0.39, 0.29) is 17.5 Å². The van der Waals surface area contributed by atoms with Gasteiger partial charge in [-0.1, -0.05) is 0 Å². The summed E-state index contributed by atoms with van der Waals surface area (Å²) >= 11 is 0. The molecule has 0 radical (unpaired) electrons. The highest BCUT2D eigenvalue weighted by atomic mass is 32.2. The maximum absolute atomic E-state index is 11.8. The van der Waals surface area contributed by atoms with E-state index in [4.69, 9.17) is 4.74 Å². The molecule has 1 N–H and O–H groups in total. The highest BCUT2D eigenvalue weighted by Crippen LogP contribution is 2.24. The number of hydrogen-bond donors (Lipinski definition) is 1. The molecule has 1 aromatic rings. The standard InChI is InChI=1S/C17H29N5O3S/c1-3-22(15-4-11-26(23,24)13-15)16-12-14(2)19-17(20-16)18-5-6-21-7-9-25-10-8-21/h12,15H,3-11,13H2,1-2H3,(H,18,19,20). The molecule has 0 amide bonds. The summed E-state index contributed by atoms with van der Waals surface area (Å²) in [4.78, 5) is 13.6. The van der Waals surface area contributed by atoms with Gasteiger partial charge < -0.3 is 15.0 Å². The molecule has 0 bridgehead atoms. The van der Waals surface area contributed by atoms with E-state index < -0.39 is 9.84 Å². The van der Waals surface area contributed by atoms with Gasteiger partial charge in [-0.05, 0) is 20.3 Å². The maximum atomic E-state index is 11.8. The van der Waals surface area contributed by atoms with Crippen LogP contribution in [0.3, 0.4) is 0 Å². The minimum absolute atomic E-state index is 0.000463. The fourth-order valence-corrected chi connectivity index (χ4v) is 5.29. The molecule has 0 saturated carbocycles. The Morgan fingerprint density at radius 3 is 2.77 bits per heavy atom. The molecule has 8 nitrogen and oxygen atoms in total.